The van der Waals surface area contributed by atoms with E-state index in [9.17, 15) is 4.79 Å². The maximum absolute atomic E-state index is 11.8. The number of nitrogens with one attached hydrogen (secondary N) is 1. The predicted molar refractivity (Wildman–Crippen MR) is 73.3 cm³/mol. The lowest BCUT2D eigenvalue weighted by Crippen LogP contribution is -2.12. The normalized spacial score (nSPS) is 9.58. The zero-order valence-corrected chi connectivity index (χ0v) is 11.1. The largest absolute Gasteiger partial charge is 0.384 e. The van der Waals surface area contributed by atoms with Crippen LogP contribution in [0.2, 0.25) is 5.02 Å². The van der Waals surface area contributed by atoms with E-state index in [2.05, 4.69) is 26.7 Å². The number of rotatable bonds is 2. The van der Waals surface area contributed by atoms with Crippen molar-refractivity contribution >= 4 is 34.7 Å². The van der Waals surface area contributed by atoms with Gasteiger partial charge in [-0.05, 0) is 29.7 Å². The molecule has 2 rings (SSSR count). The van der Waals surface area contributed by atoms with E-state index >= 15 is 0 Å². The lowest BCUT2D eigenvalue weighted by molar-refractivity contribution is 0.102. The molecule has 0 unspecified atom stereocenters. The summed E-state index contributed by atoms with van der Waals surface area (Å²) in [6.07, 6.45) is 0. The minimum atomic E-state index is -0.386. The van der Waals surface area contributed by atoms with Crippen molar-refractivity contribution in [3.8, 4) is 11.8 Å². The number of amides is 1. The lowest BCUT2D eigenvalue weighted by atomic mass is 10.2. The van der Waals surface area contributed by atoms with Gasteiger partial charge in [-0.2, -0.15) is 0 Å². The summed E-state index contributed by atoms with van der Waals surface area (Å²) < 4.78 is 3.61. The van der Waals surface area contributed by atoms with Gasteiger partial charge in [0.25, 0.3) is 5.91 Å². The summed E-state index contributed by atoms with van der Waals surface area (Å²) in [6.45, 7) is -0.227. The quantitative estimate of drug-likeness (QED) is 0.828. The third-order valence-corrected chi connectivity index (χ3v) is 2.95. The molecule has 0 aliphatic heterocycles. The zero-order valence-electron chi connectivity index (χ0n) is 9.55. The second-order valence-electron chi connectivity index (χ2n) is 3.40. The van der Waals surface area contributed by atoms with Gasteiger partial charge in [-0.3, -0.25) is 4.79 Å². The second-order valence-corrected chi connectivity index (χ2v) is 4.42. The highest BCUT2D eigenvalue weighted by Gasteiger charge is 2.11. The first kappa shape index (κ1) is 13.5. The lowest BCUT2D eigenvalue weighted by Gasteiger charge is -2.05. The SMILES string of the molecule is O=C(Nc1cc(C#CCO)ccc1Cl)c1csnn1. The highest BCUT2D eigenvalue weighted by atomic mass is 35.5. The van der Waals surface area contributed by atoms with E-state index < -0.39 is 0 Å². The highest BCUT2D eigenvalue weighted by molar-refractivity contribution is 7.03. The number of halogens is 1. The predicted octanol–water partition coefficient (Wildman–Crippen LogP) is 1.79. The van der Waals surface area contributed by atoms with Crippen molar-refractivity contribution in [2.45, 2.75) is 0 Å². The zero-order chi connectivity index (χ0) is 13.7. The molecule has 0 aliphatic rings. The molecule has 0 radical (unpaired) electrons. The minimum absolute atomic E-state index is 0.227. The molecule has 7 heteroatoms. The van der Waals surface area contributed by atoms with Crippen molar-refractivity contribution in [3.05, 3.63) is 39.9 Å². The van der Waals surface area contributed by atoms with E-state index in [4.69, 9.17) is 16.7 Å². The molecule has 2 N–H and O–H groups in total. The van der Waals surface area contributed by atoms with Crippen LogP contribution in [0.5, 0.6) is 0 Å². The van der Waals surface area contributed by atoms with Crippen LogP contribution in [-0.4, -0.2) is 27.2 Å². The third kappa shape index (κ3) is 3.51. The summed E-state index contributed by atoms with van der Waals surface area (Å²) in [4.78, 5) is 11.8. The molecule has 0 saturated heterocycles. The Hall–Kier alpha value is -1.94. The molecule has 1 heterocycles. The average molecular weight is 294 g/mol. The number of anilines is 1. The van der Waals surface area contributed by atoms with Gasteiger partial charge >= 0.3 is 0 Å². The number of carbonyl (C=O) groups excluding carboxylic acids is 1. The fourth-order valence-corrected chi connectivity index (χ4v) is 1.89. The molecular weight excluding hydrogens is 286 g/mol. The van der Waals surface area contributed by atoms with Gasteiger partial charge in [0.1, 0.15) is 6.61 Å². The molecular formula is C12H8ClN3O2S. The molecule has 2 aromatic rings. The molecule has 1 aromatic carbocycles. The van der Waals surface area contributed by atoms with Gasteiger partial charge < -0.3 is 10.4 Å². The van der Waals surface area contributed by atoms with Crippen LogP contribution in [0, 0.1) is 11.8 Å². The van der Waals surface area contributed by atoms with Gasteiger partial charge in [-0.25, -0.2) is 0 Å². The van der Waals surface area contributed by atoms with Crippen LogP contribution >= 0.6 is 23.1 Å². The minimum Gasteiger partial charge on any atom is -0.384 e. The van der Waals surface area contributed by atoms with Gasteiger partial charge in [0.2, 0.25) is 0 Å². The Morgan fingerprint density at radius 3 is 3.05 bits per heavy atom. The highest BCUT2D eigenvalue weighted by Crippen LogP contribution is 2.23. The van der Waals surface area contributed by atoms with Crippen LogP contribution in [0.15, 0.2) is 23.6 Å². The van der Waals surface area contributed by atoms with E-state index in [0.29, 0.717) is 16.3 Å². The van der Waals surface area contributed by atoms with Gasteiger partial charge in [0, 0.05) is 10.9 Å². The number of aliphatic hydroxyl groups excluding tert-OH is 1. The first-order valence-corrected chi connectivity index (χ1v) is 6.40. The summed E-state index contributed by atoms with van der Waals surface area (Å²) in [6, 6.07) is 4.95. The molecule has 96 valence electrons. The summed E-state index contributed by atoms with van der Waals surface area (Å²) in [5, 5.41) is 16.9. The molecule has 1 aromatic heterocycles. The molecule has 5 nitrogen and oxygen atoms in total. The fraction of sp³-hybridized carbons (Fsp3) is 0.0833. The van der Waals surface area contributed by atoms with Crippen molar-refractivity contribution < 1.29 is 9.90 Å². The standard InChI is InChI=1S/C12H8ClN3O2S/c13-9-4-3-8(2-1-5-17)6-10(9)14-12(18)11-7-19-16-15-11/h3-4,6-7,17H,5H2,(H,14,18). The molecule has 19 heavy (non-hydrogen) atoms. The molecule has 0 fully saturated rings. The average Bonchev–Trinajstić information content (AvgIpc) is 2.93. The van der Waals surface area contributed by atoms with E-state index in [-0.39, 0.29) is 18.2 Å². The van der Waals surface area contributed by atoms with Crippen molar-refractivity contribution in [2.75, 3.05) is 11.9 Å². The Labute approximate surface area is 118 Å². The molecule has 0 saturated carbocycles. The topological polar surface area (TPSA) is 75.1 Å². The van der Waals surface area contributed by atoms with Gasteiger partial charge in [-0.1, -0.05) is 27.9 Å². The number of aliphatic hydroxyl groups is 1. The van der Waals surface area contributed by atoms with Crippen LogP contribution in [0.3, 0.4) is 0 Å². The van der Waals surface area contributed by atoms with E-state index in [1.165, 1.54) is 0 Å². The van der Waals surface area contributed by atoms with Crippen molar-refractivity contribution in [1.82, 2.24) is 9.59 Å². The number of aromatic nitrogens is 2. The first-order chi connectivity index (χ1) is 9.20. The Morgan fingerprint density at radius 1 is 1.53 bits per heavy atom. The molecule has 1 amide bonds. The smallest absolute Gasteiger partial charge is 0.277 e. The molecule has 0 spiro atoms. The summed E-state index contributed by atoms with van der Waals surface area (Å²) >= 11 is 7.08. The fourth-order valence-electron chi connectivity index (χ4n) is 1.29. The third-order valence-electron chi connectivity index (χ3n) is 2.12. The molecule has 0 bridgehead atoms. The van der Waals surface area contributed by atoms with Gasteiger partial charge in [0.05, 0.1) is 10.7 Å². The van der Waals surface area contributed by atoms with Crippen molar-refractivity contribution in [2.24, 2.45) is 0 Å². The second kappa shape index (κ2) is 6.29. The maximum atomic E-state index is 11.8. The number of carbonyl (C=O) groups is 1. The Balaban J connectivity index is 2.22. The summed E-state index contributed by atoms with van der Waals surface area (Å²) in [7, 11) is 0. The van der Waals surface area contributed by atoms with E-state index in [1.807, 2.05) is 0 Å². The maximum Gasteiger partial charge on any atom is 0.277 e. The van der Waals surface area contributed by atoms with Crippen LogP contribution in [-0.2, 0) is 0 Å². The van der Waals surface area contributed by atoms with E-state index in [0.717, 1.165) is 11.5 Å². The van der Waals surface area contributed by atoms with Crippen LogP contribution < -0.4 is 5.32 Å². The van der Waals surface area contributed by atoms with E-state index in [1.54, 1.807) is 23.6 Å². The molecule has 0 atom stereocenters. The van der Waals surface area contributed by atoms with Gasteiger partial charge in [0.15, 0.2) is 5.69 Å². The molecule has 0 aliphatic carbocycles. The van der Waals surface area contributed by atoms with Gasteiger partial charge in [-0.15, -0.1) is 5.10 Å². The number of hydrogen-bond donors (Lipinski definition) is 2. The Bertz CT molecular complexity index is 647. The summed E-state index contributed by atoms with van der Waals surface area (Å²) in [5.74, 6) is 4.87. The van der Waals surface area contributed by atoms with Crippen LogP contribution in [0.1, 0.15) is 16.1 Å². The Morgan fingerprint density at radius 2 is 2.37 bits per heavy atom. The number of hydrogen-bond acceptors (Lipinski definition) is 5. The first-order valence-electron chi connectivity index (χ1n) is 5.18. The number of benzene rings is 1. The van der Waals surface area contributed by atoms with Crippen molar-refractivity contribution in [3.63, 3.8) is 0 Å². The van der Waals surface area contributed by atoms with Crippen LogP contribution in [0.25, 0.3) is 0 Å². The number of nitrogens with zero attached hydrogens (tertiary/aromatic N) is 2. The Kier molecular flexibility index (Phi) is 4.47. The van der Waals surface area contributed by atoms with Crippen molar-refractivity contribution in [1.29, 1.82) is 0 Å². The summed E-state index contributed by atoms with van der Waals surface area (Å²) in [5.41, 5.74) is 1.31. The monoisotopic (exact) mass is 293 g/mol. The van der Waals surface area contributed by atoms with Crippen LogP contribution in [0.4, 0.5) is 5.69 Å².